The molecule has 0 saturated carbocycles. The molecule has 0 N–H and O–H groups in total. The minimum atomic E-state index is 0.163. The Labute approximate surface area is 103 Å². The number of rotatable bonds is 3. The van der Waals surface area contributed by atoms with Gasteiger partial charge in [-0.05, 0) is 18.2 Å². The summed E-state index contributed by atoms with van der Waals surface area (Å²) >= 11 is 3.06. The van der Waals surface area contributed by atoms with E-state index in [0.29, 0.717) is 0 Å². The molecule has 0 aliphatic heterocycles. The minimum absolute atomic E-state index is 0.163. The fraction of sp³-hybridized carbons (Fsp3) is 0.167. The smallest absolute Gasteiger partial charge is 0.186 e. The maximum absolute atomic E-state index is 10.9. The zero-order chi connectivity index (χ0) is 11.4. The van der Waals surface area contributed by atoms with Gasteiger partial charge in [-0.25, -0.2) is 0 Å². The molecule has 2 nitrogen and oxygen atoms in total. The van der Waals surface area contributed by atoms with Gasteiger partial charge in [-0.15, -0.1) is 11.3 Å². The van der Waals surface area contributed by atoms with Gasteiger partial charge in [0.1, 0.15) is 0 Å². The van der Waals surface area contributed by atoms with Gasteiger partial charge < -0.3 is 0 Å². The Morgan fingerprint density at radius 3 is 3.00 bits per heavy atom. The maximum Gasteiger partial charge on any atom is 0.186 e. The van der Waals surface area contributed by atoms with E-state index in [4.69, 9.17) is 0 Å². The average molecular weight is 249 g/mol. The SMILES string of the molecule is CC(=O)SCc1ccc(-c2cccnc2)s1. The molecule has 0 aromatic carbocycles. The van der Waals surface area contributed by atoms with Crippen LogP contribution in [0.25, 0.3) is 10.4 Å². The summed E-state index contributed by atoms with van der Waals surface area (Å²) in [5, 5.41) is 0.163. The lowest BCUT2D eigenvalue weighted by atomic mass is 10.2. The number of nitrogens with zero attached hydrogens (tertiary/aromatic N) is 1. The van der Waals surface area contributed by atoms with Gasteiger partial charge in [-0.2, -0.15) is 0 Å². The Kier molecular flexibility index (Phi) is 3.74. The van der Waals surface area contributed by atoms with Gasteiger partial charge in [-0.1, -0.05) is 17.8 Å². The summed E-state index contributed by atoms with van der Waals surface area (Å²) in [4.78, 5) is 17.4. The first-order valence-corrected chi connectivity index (χ1v) is 6.68. The van der Waals surface area contributed by atoms with Crippen LogP contribution in [0.1, 0.15) is 11.8 Å². The van der Waals surface area contributed by atoms with Gasteiger partial charge in [-0.3, -0.25) is 9.78 Å². The number of carbonyl (C=O) groups is 1. The average Bonchev–Trinajstić information content (AvgIpc) is 2.76. The Bertz CT molecular complexity index is 479. The van der Waals surface area contributed by atoms with Gasteiger partial charge in [0.15, 0.2) is 5.12 Å². The van der Waals surface area contributed by atoms with E-state index in [9.17, 15) is 4.79 Å². The van der Waals surface area contributed by atoms with E-state index < -0.39 is 0 Å². The Balaban J connectivity index is 2.11. The van der Waals surface area contributed by atoms with E-state index in [1.54, 1.807) is 24.5 Å². The Hall–Kier alpha value is -1.13. The highest BCUT2D eigenvalue weighted by Crippen LogP contribution is 2.29. The number of hydrogen-bond donors (Lipinski definition) is 0. The van der Waals surface area contributed by atoms with Gasteiger partial charge in [0.05, 0.1) is 0 Å². The molecule has 0 aliphatic rings. The lowest BCUT2D eigenvalue weighted by Crippen LogP contribution is -1.81. The zero-order valence-electron chi connectivity index (χ0n) is 8.84. The van der Waals surface area contributed by atoms with E-state index in [0.717, 1.165) is 11.3 Å². The molecule has 0 spiro atoms. The van der Waals surface area contributed by atoms with Crippen molar-refractivity contribution >= 4 is 28.2 Å². The molecular weight excluding hydrogens is 238 g/mol. The van der Waals surface area contributed by atoms with E-state index in [1.165, 1.54) is 21.5 Å². The standard InChI is InChI=1S/C12H11NOS2/c1-9(14)15-8-11-4-5-12(16-11)10-3-2-6-13-7-10/h2-7H,8H2,1H3. The quantitative estimate of drug-likeness (QED) is 0.832. The first-order valence-electron chi connectivity index (χ1n) is 4.88. The van der Waals surface area contributed by atoms with E-state index in [2.05, 4.69) is 17.1 Å². The summed E-state index contributed by atoms with van der Waals surface area (Å²) < 4.78 is 0. The van der Waals surface area contributed by atoms with Crippen LogP contribution in [0.2, 0.25) is 0 Å². The van der Waals surface area contributed by atoms with Gasteiger partial charge in [0.2, 0.25) is 0 Å². The van der Waals surface area contributed by atoms with Crippen molar-refractivity contribution in [1.82, 2.24) is 4.98 Å². The van der Waals surface area contributed by atoms with Crippen molar-refractivity contribution < 1.29 is 4.79 Å². The monoisotopic (exact) mass is 249 g/mol. The molecule has 0 radical (unpaired) electrons. The number of hydrogen-bond acceptors (Lipinski definition) is 4. The van der Waals surface area contributed by atoms with Crippen LogP contribution in [-0.2, 0) is 10.5 Å². The van der Waals surface area contributed by atoms with Crippen LogP contribution in [0.15, 0.2) is 36.7 Å². The maximum atomic E-state index is 10.9. The summed E-state index contributed by atoms with van der Waals surface area (Å²) in [5.41, 5.74) is 1.13. The molecule has 16 heavy (non-hydrogen) atoms. The van der Waals surface area contributed by atoms with Gasteiger partial charge in [0.25, 0.3) is 0 Å². The van der Waals surface area contributed by atoms with Crippen LogP contribution in [0.5, 0.6) is 0 Å². The lowest BCUT2D eigenvalue weighted by molar-refractivity contribution is -0.109. The second-order valence-electron chi connectivity index (χ2n) is 3.29. The largest absolute Gasteiger partial charge is 0.288 e. The highest BCUT2D eigenvalue weighted by atomic mass is 32.2. The van der Waals surface area contributed by atoms with Crippen molar-refractivity contribution in [2.75, 3.05) is 0 Å². The molecule has 82 valence electrons. The fourth-order valence-electron chi connectivity index (χ4n) is 1.29. The Morgan fingerprint density at radius 1 is 1.44 bits per heavy atom. The van der Waals surface area contributed by atoms with Crippen LogP contribution in [0.4, 0.5) is 0 Å². The fourth-order valence-corrected chi connectivity index (χ4v) is 2.94. The minimum Gasteiger partial charge on any atom is -0.288 e. The first kappa shape index (κ1) is 11.4. The van der Waals surface area contributed by atoms with Crippen molar-refractivity contribution in [1.29, 1.82) is 0 Å². The molecule has 2 aromatic heterocycles. The third-order valence-electron chi connectivity index (χ3n) is 2.03. The highest BCUT2D eigenvalue weighted by molar-refractivity contribution is 8.12. The lowest BCUT2D eigenvalue weighted by Gasteiger charge is -1.95. The molecule has 2 heterocycles. The molecule has 0 fully saturated rings. The summed E-state index contributed by atoms with van der Waals surface area (Å²) in [5.74, 6) is 0.764. The summed E-state index contributed by atoms with van der Waals surface area (Å²) in [6.07, 6.45) is 3.62. The van der Waals surface area contributed by atoms with Crippen molar-refractivity contribution in [2.45, 2.75) is 12.7 Å². The molecule has 0 saturated heterocycles. The molecule has 0 amide bonds. The molecule has 4 heteroatoms. The second kappa shape index (κ2) is 5.27. The van der Waals surface area contributed by atoms with Gasteiger partial charge >= 0.3 is 0 Å². The van der Waals surface area contributed by atoms with Crippen molar-refractivity contribution in [3.63, 3.8) is 0 Å². The second-order valence-corrected chi connectivity index (χ2v) is 5.61. The summed E-state index contributed by atoms with van der Waals surface area (Å²) in [6.45, 7) is 1.60. The van der Waals surface area contributed by atoms with Crippen LogP contribution < -0.4 is 0 Å². The number of aromatic nitrogens is 1. The third kappa shape index (κ3) is 2.93. The number of pyridine rings is 1. The third-order valence-corrected chi connectivity index (χ3v) is 4.20. The van der Waals surface area contributed by atoms with Crippen LogP contribution in [0.3, 0.4) is 0 Å². The number of carbonyl (C=O) groups excluding carboxylic acids is 1. The summed E-state index contributed by atoms with van der Waals surface area (Å²) in [6, 6.07) is 8.13. The predicted octanol–water partition coefficient (Wildman–Crippen LogP) is 3.59. The molecule has 2 rings (SSSR count). The van der Waals surface area contributed by atoms with Gasteiger partial charge in [0, 0.05) is 40.4 Å². The highest BCUT2D eigenvalue weighted by Gasteiger charge is 2.04. The zero-order valence-corrected chi connectivity index (χ0v) is 10.5. The number of thiophene rings is 1. The van der Waals surface area contributed by atoms with Crippen LogP contribution >= 0.6 is 23.1 Å². The van der Waals surface area contributed by atoms with Crippen LogP contribution in [0, 0.1) is 0 Å². The predicted molar refractivity (Wildman–Crippen MR) is 69.5 cm³/mol. The van der Waals surface area contributed by atoms with Crippen molar-refractivity contribution in [2.24, 2.45) is 0 Å². The number of thioether (sulfide) groups is 1. The molecule has 0 unspecified atom stereocenters. The molecular formula is C12H11NOS2. The Morgan fingerprint density at radius 2 is 2.31 bits per heavy atom. The van der Waals surface area contributed by atoms with Crippen molar-refractivity contribution in [3.05, 3.63) is 41.5 Å². The molecule has 2 aromatic rings. The van der Waals surface area contributed by atoms with E-state index >= 15 is 0 Å². The molecule has 0 bridgehead atoms. The van der Waals surface area contributed by atoms with Crippen molar-refractivity contribution in [3.8, 4) is 10.4 Å². The van der Waals surface area contributed by atoms with E-state index in [1.807, 2.05) is 18.3 Å². The normalized spacial score (nSPS) is 10.3. The topological polar surface area (TPSA) is 30.0 Å². The summed E-state index contributed by atoms with van der Waals surface area (Å²) in [7, 11) is 0. The van der Waals surface area contributed by atoms with E-state index in [-0.39, 0.29) is 5.12 Å². The molecule has 0 aliphatic carbocycles. The first-order chi connectivity index (χ1) is 7.75. The molecule has 0 atom stereocenters. The van der Waals surface area contributed by atoms with Crippen LogP contribution in [-0.4, -0.2) is 10.1 Å².